The van der Waals surface area contributed by atoms with E-state index >= 15 is 0 Å². The summed E-state index contributed by atoms with van der Waals surface area (Å²) in [6.07, 6.45) is 0.597. The molecule has 2 aromatic carbocycles. The Morgan fingerprint density at radius 3 is 1.12 bits per heavy atom. The smallest absolute Gasteiger partial charge is 0.748 e. The molecule has 0 aromatic heterocycles. The van der Waals surface area contributed by atoms with Crippen molar-refractivity contribution in [1.82, 2.24) is 0 Å². The molecule has 0 radical (unpaired) electrons. The molecule has 0 fully saturated rings. The first-order chi connectivity index (χ1) is 11.2. The van der Waals surface area contributed by atoms with Crippen molar-refractivity contribution in [3.8, 4) is 0 Å². The molecule has 0 N–H and O–H groups in total. The second-order valence-electron chi connectivity index (χ2n) is 4.99. The molecule has 0 saturated heterocycles. The van der Waals surface area contributed by atoms with Gasteiger partial charge in [-0.1, -0.05) is 60.7 Å². The zero-order valence-electron chi connectivity index (χ0n) is 13.6. The van der Waals surface area contributed by atoms with Crippen LogP contribution >= 0.6 is 0 Å². The van der Waals surface area contributed by atoms with Crippen LogP contribution in [0.4, 0.5) is 0 Å². The molecular formula is C16H18MgO6S2. The van der Waals surface area contributed by atoms with E-state index in [9.17, 15) is 25.9 Å². The summed E-state index contributed by atoms with van der Waals surface area (Å²) in [4.78, 5) is 0. The first kappa shape index (κ1) is 24.0. The molecule has 0 amide bonds. The zero-order valence-corrected chi connectivity index (χ0v) is 16.6. The van der Waals surface area contributed by atoms with Crippen molar-refractivity contribution in [2.45, 2.75) is 12.8 Å². The van der Waals surface area contributed by atoms with Crippen molar-refractivity contribution in [1.29, 1.82) is 0 Å². The summed E-state index contributed by atoms with van der Waals surface area (Å²) in [5, 5.41) is 0. The van der Waals surface area contributed by atoms with Crippen LogP contribution in [-0.4, -0.2) is 60.5 Å². The number of hydrogen-bond donors (Lipinski definition) is 0. The number of hydrogen-bond acceptors (Lipinski definition) is 6. The van der Waals surface area contributed by atoms with Crippen LogP contribution < -0.4 is 0 Å². The van der Waals surface area contributed by atoms with Gasteiger partial charge in [0.1, 0.15) is 0 Å². The Hall–Kier alpha value is -0.974. The molecule has 6 nitrogen and oxygen atoms in total. The Kier molecular flexibility index (Phi) is 11.2. The molecule has 0 aliphatic rings. The molecule has 25 heavy (non-hydrogen) atoms. The Balaban J connectivity index is 0.000000443. The van der Waals surface area contributed by atoms with Crippen molar-refractivity contribution in [2.75, 3.05) is 11.5 Å². The van der Waals surface area contributed by atoms with Crippen molar-refractivity contribution in [3.05, 3.63) is 71.8 Å². The molecule has 0 saturated carbocycles. The fourth-order valence-corrected chi connectivity index (χ4v) is 2.75. The molecule has 0 aliphatic heterocycles. The minimum absolute atomic E-state index is 0. The van der Waals surface area contributed by atoms with Crippen LogP contribution in [0, 0.1) is 0 Å². The molecule has 0 spiro atoms. The van der Waals surface area contributed by atoms with Gasteiger partial charge in [0.05, 0.1) is 20.2 Å². The van der Waals surface area contributed by atoms with Crippen molar-refractivity contribution in [2.24, 2.45) is 0 Å². The van der Waals surface area contributed by atoms with Gasteiger partial charge in [-0.25, -0.2) is 16.8 Å². The summed E-state index contributed by atoms with van der Waals surface area (Å²) in [7, 11) is -8.14. The minimum Gasteiger partial charge on any atom is -0.748 e. The van der Waals surface area contributed by atoms with Crippen LogP contribution in [0.2, 0.25) is 0 Å². The Morgan fingerprint density at radius 1 is 0.600 bits per heavy atom. The number of rotatable bonds is 6. The summed E-state index contributed by atoms with van der Waals surface area (Å²) in [6, 6.07) is 18.1. The standard InChI is InChI=1S/2C8H10O3S.Mg/c2*9-12(10,11)7-6-8-4-2-1-3-5-8;/h2*1-5H,6-7H2,(H,9,10,11);/q;;+2/p-2. The molecule has 0 unspecified atom stereocenters. The Morgan fingerprint density at radius 2 is 0.880 bits per heavy atom. The largest absolute Gasteiger partial charge is 2.00 e. The van der Waals surface area contributed by atoms with Gasteiger partial charge in [-0.2, -0.15) is 0 Å². The predicted octanol–water partition coefficient (Wildman–Crippen LogP) is 1.17. The average molecular weight is 395 g/mol. The molecule has 0 heterocycles. The summed E-state index contributed by atoms with van der Waals surface area (Å²) < 4.78 is 61.5. The maximum Gasteiger partial charge on any atom is 2.00 e. The van der Waals surface area contributed by atoms with E-state index in [2.05, 4.69) is 0 Å². The SMILES string of the molecule is O=S(=O)([O-])CCc1ccccc1.O=S(=O)([O-])CCc1ccccc1.[Mg+2]. The maximum absolute atomic E-state index is 10.2. The second-order valence-corrected chi connectivity index (χ2v) is 8.04. The zero-order chi connectivity index (χ0) is 18.1. The third-order valence-electron chi connectivity index (χ3n) is 2.97. The Labute approximate surface area is 164 Å². The molecule has 2 aromatic rings. The van der Waals surface area contributed by atoms with Gasteiger partial charge in [0.15, 0.2) is 0 Å². The minimum atomic E-state index is -4.07. The van der Waals surface area contributed by atoms with Crippen LogP contribution in [0.3, 0.4) is 0 Å². The molecule has 2 rings (SSSR count). The van der Waals surface area contributed by atoms with E-state index in [1.54, 1.807) is 24.3 Å². The Bertz CT molecular complexity index is 735. The van der Waals surface area contributed by atoms with E-state index in [-0.39, 0.29) is 34.6 Å². The summed E-state index contributed by atoms with van der Waals surface area (Å²) in [5.41, 5.74) is 1.74. The van der Waals surface area contributed by atoms with Gasteiger partial charge in [0.2, 0.25) is 0 Å². The quantitative estimate of drug-likeness (QED) is 0.536. The first-order valence-electron chi connectivity index (χ1n) is 7.11. The fraction of sp³-hybridized carbons (Fsp3) is 0.250. The van der Waals surface area contributed by atoms with E-state index in [1.165, 1.54) is 0 Å². The average Bonchev–Trinajstić information content (AvgIpc) is 2.52. The maximum atomic E-state index is 10.2. The van der Waals surface area contributed by atoms with Crippen molar-refractivity contribution >= 4 is 43.3 Å². The van der Waals surface area contributed by atoms with Crippen LogP contribution in [0.1, 0.15) is 11.1 Å². The van der Waals surface area contributed by atoms with Crippen LogP contribution in [0.25, 0.3) is 0 Å². The van der Waals surface area contributed by atoms with Gasteiger partial charge in [-0.05, 0) is 24.0 Å². The summed E-state index contributed by atoms with van der Waals surface area (Å²) in [6.45, 7) is 0. The van der Waals surface area contributed by atoms with Crippen LogP contribution in [0.5, 0.6) is 0 Å². The van der Waals surface area contributed by atoms with E-state index in [4.69, 9.17) is 0 Å². The van der Waals surface area contributed by atoms with Gasteiger partial charge >= 0.3 is 23.1 Å². The van der Waals surface area contributed by atoms with Crippen molar-refractivity contribution in [3.63, 3.8) is 0 Å². The second kappa shape index (κ2) is 11.6. The van der Waals surface area contributed by atoms with Gasteiger partial charge in [-0.3, -0.25) is 0 Å². The third kappa shape index (κ3) is 13.9. The van der Waals surface area contributed by atoms with E-state index in [1.807, 2.05) is 36.4 Å². The normalized spacial score (nSPS) is 11.0. The first-order valence-corrected chi connectivity index (χ1v) is 10.3. The summed E-state index contributed by atoms with van der Waals surface area (Å²) >= 11 is 0. The number of aryl methyl sites for hydroxylation is 2. The molecular weight excluding hydrogens is 377 g/mol. The molecule has 0 atom stereocenters. The van der Waals surface area contributed by atoms with Gasteiger partial charge in [0.25, 0.3) is 0 Å². The van der Waals surface area contributed by atoms with E-state index in [0.29, 0.717) is 12.8 Å². The molecule has 0 aliphatic carbocycles. The van der Waals surface area contributed by atoms with Gasteiger partial charge < -0.3 is 9.11 Å². The molecule has 0 bridgehead atoms. The molecule has 132 valence electrons. The topological polar surface area (TPSA) is 114 Å². The van der Waals surface area contributed by atoms with Gasteiger partial charge in [-0.15, -0.1) is 0 Å². The van der Waals surface area contributed by atoms with Gasteiger partial charge in [0, 0.05) is 11.5 Å². The predicted molar refractivity (Wildman–Crippen MR) is 95.2 cm³/mol. The van der Waals surface area contributed by atoms with Crippen LogP contribution in [-0.2, 0) is 33.1 Å². The van der Waals surface area contributed by atoms with E-state index < -0.39 is 20.2 Å². The van der Waals surface area contributed by atoms with Crippen LogP contribution in [0.15, 0.2) is 60.7 Å². The molecule has 9 heteroatoms. The third-order valence-corrected chi connectivity index (χ3v) is 4.38. The van der Waals surface area contributed by atoms with E-state index in [0.717, 1.165) is 11.1 Å². The summed E-state index contributed by atoms with van der Waals surface area (Å²) in [5.74, 6) is -0.645. The monoisotopic (exact) mass is 394 g/mol. The number of benzene rings is 2. The van der Waals surface area contributed by atoms with Crippen molar-refractivity contribution < 1.29 is 25.9 Å². The fourth-order valence-electron chi connectivity index (χ4n) is 1.78.